The third-order valence-electron chi connectivity index (χ3n) is 6.83. The number of nitriles is 1. The second-order valence-corrected chi connectivity index (χ2v) is 8.94. The van der Waals surface area contributed by atoms with E-state index in [0.29, 0.717) is 17.7 Å². The highest BCUT2D eigenvalue weighted by Crippen LogP contribution is 2.44. The van der Waals surface area contributed by atoms with Crippen LogP contribution in [0.15, 0.2) is 91.3 Å². The van der Waals surface area contributed by atoms with Gasteiger partial charge in [0.2, 0.25) is 0 Å². The van der Waals surface area contributed by atoms with E-state index in [9.17, 15) is 10.1 Å². The summed E-state index contributed by atoms with van der Waals surface area (Å²) in [6.45, 7) is 2.53. The molecule has 0 radical (unpaired) electrons. The molecule has 1 amide bonds. The van der Waals surface area contributed by atoms with Crippen molar-refractivity contribution in [1.29, 1.82) is 5.26 Å². The lowest BCUT2D eigenvalue weighted by molar-refractivity contribution is -0.113. The summed E-state index contributed by atoms with van der Waals surface area (Å²) < 4.78 is 0. The molecule has 0 saturated carbocycles. The molecule has 172 valence electrons. The number of nitrogens with one attached hydrogen (secondary N) is 1. The van der Waals surface area contributed by atoms with Crippen molar-refractivity contribution >= 4 is 34.0 Å². The average molecular weight is 467 g/mol. The van der Waals surface area contributed by atoms with Crippen molar-refractivity contribution in [2.24, 2.45) is 0 Å². The minimum atomic E-state index is -0.0285. The molecule has 5 nitrogen and oxygen atoms in total. The highest BCUT2D eigenvalue weighted by molar-refractivity contribution is 6.36. The number of amides is 1. The van der Waals surface area contributed by atoms with Crippen molar-refractivity contribution in [3.63, 3.8) is 0 Å². The van der Waals surface area contributed by atoms with Gasteiger partial charge < -0.3 is 4.90 Å². The number of aromatic amines is 1. The van der Waals surface area contributed by atoms with Crippen LogP contribution in [0.3, 0.4) is 0 Å². The highest BCUT2D eigenvalue weighted by Gasteiger charge is 2.35. The number of aromatic nitrogens is 2. The number of rotatable bonds is 4. The number of fused-ring (bicyclic) bond motifs is 2. The first-order valence-corrected chi connectivity index (χ1v) is 11.8. The molecule has 0 bridgehead atoms. The van der Waals surface area contributed by atoms with Crippen LogP contribution in [0.1, 0.15) is 27.8 Å². The molecule has 1 aliphatic heterocycles. The number of anilines is 1. The smallest absolute Gasteiger partial charge is 0.259 e. The van der Waals surface area contributed by atoms with Crippen molar-refractivity contribution in [2.75, 3.05) is 4.90 Å². The van der Waals surface area contributed by atoms with E-state index in [1.807, 2.05) is 59.5 Å². The third kappa shape index (κ3) is 3.57. The molecule has 5 heteroatoms. The Bertz CT molecular complexity index is 1680. The second-order valence-electron chi connectivity index (χ2n) is 8.94. The van der Waals surface area contributed by atoms with Crippen molar-refractivity contribution in [2.45, 2.75) is 13.5 Å². The molecule has 1 aliphatic rings. The zero-order chi connectivity index (χ0) is 24.6. The summed E-state index contributed by atoms with van der Waals surface area (Å²) in [5, 5.41) is 18.3. The van der Waals surface area contributed by atoms with Crippen LogP contribution in [0.25, 0.3) is 33.5 Å². The van der Waals surface area contributed by atoms with E-state index in [4.69, 9.17) is 0 Å². The summed E-state index contributed by atoms with van der Waals surface area (Å²) in [6, 6.07) is 28.3. The Morgan fingerprint density at radius 2 is 1.75 bits per heavy atom. The Balaban J connectivity index is 1.52. The highest BCUT2D eigenvalue weighted by atomic mass is 16.2. The van der Waals surface area contributed by atoms with Gasteiger partial charge >= 0.3 is 0 Å². The van der Waals surface area contributed by atoms with Gasteiger partial charge in [0.05, 0.1) is 30.1 Å². The van der Waals surface area contributed by atoms with Crippen molar-refractivity contribution in [1.82, 2.24) is 10.2 Å². The molecule has 0 spiro atoms. The SMILES string of the molecule is Cc1c(-c2ccc(C#N)cc2)ccc2c1N(Cc1cccc3ccccc13)C(=O)/C2=C\c1cn[nH]c1. The minimum Gasteiger partial charge on any atom is -0.303 e. The van der Waals surface area contributed by atoms with Gasteiger partial charge in [0.15, 0.2) is 0 Å². The molecule has 0 atom stereocenters. The Labute approximate surface area is 208 Å². The molecular formula is C31H22N4O. The molecule has 36 heavy (non-hydrogen) atoms. The molecule has 1 aromatic heterocycles. The van der Waals surface area contributed by atoms with Gasteiger partial charge in [0, 0.05) is 22.9 Å². The van der Waals surface area contributed by atoms with E-state index in [-0.39, 0.29) is 5.91 Å². The zero-order valence-corrected chi connectivity index (χ0v) is 19.7. The maximum Gasteiger partial charge on any atom is 0.259 e. The zero-order valence-electron chi connectivity index (χ0n) is 19.7. The number of carbonyl (C=O) groups is 1. The fourth-order valence-electron chi connectivity index (χ4n) is 5.06. The molecule has 4 aromatic carbocycles. The van der Waals surface area contributed by atoms with Gasteiger partial charge in [-0.3, -0.25) is 9.89 Å². The molecule has 1 N–H and O–H groups in total. The van der Waals surface area contributed by atoms with Crippen LogP contribution < -0.4 is 4.90 Å². The van der Waals surface area contributed by atoms with Gasteiger partial charge in [-0.25, -0.2) is 0 Å². The second kappa shape index (κ2) is 8.68. The quantitative estimate of drug-likeness (QED) is 0.307. The van der Waals surface area contributed by atoms with Crippen LogP contribution in [0.2, 0.25) is 0 Å². The van der Waals surface area contributed by atoms with Crippen molar-refractivity contribution in [3.8, 4) is 17.2 Å². The predicted octanol–water partition coefficient (Wildman–Crippen LogP) is 6.50. The van der Waals surface area contributed by atoms with Gasteiger partial charge in [-0.1, -0.05) is 66.7 Å². The summed E-state index contributed by atoms with van der Waals surface area (Å²) in [7, 11) is 0. The van der Waals surface area contributed by atoms with Crippen molar-refractivity contribution in [3.05, 3.63) is 119 Å². The normalized spacial score (nSPS) is 13.8. The van der Waals surface area contributed by atoms with Gasteiger partial charge in [0.1, 0.15) is 0 Å². The monoisotopic (exact) mass is 466 g/mol. The van der Waals surface area contributed by atoms with Crippen LogP contribution >= 0.6 is 0 Å². The van der Waals surface area contributed by atoms with E-state index >= 15 is 0 Å². The molecule has 5 aromatic rings. The van der Waals surface area contributed by atoms with Crippen LogP contribution in [0.4, 0.5) is 5.69 Å². The third-order valence-corrected chi connectivity index (χ3v) is 6.83. The van der Waals surface area contributed by atoms with E-state index < -0.39 is 0 Å². The Kier molecular flexibility index (Phi) is 5.20. The van der Waals surface area contributed by atoms with E-state index in [1.165, 1.54) is 0 Å². The molecule has 2 heterocycles. The Morgan fingerprint density at radius 1 is 0.972 bits per heavy atom. The number of nitrogens with zero attached hydrogens (tertiary/aromatic N) is 3. The molecule has 0 aliphatic carbocycles. The molecule has 0 fully saturated rings. The van der Waals surface area contributed by atoms with Gasteiger partial charge in [0.25, 0.3) is 5.91 Å². The van der Waals surface area contributed by atoms with E-state index in [2.05, 4.69) is 53.5 Å². The lowest BCUT2D eigenvalue weighted by atomic mass is 9.94. The molecule has 0 saturated heterocycles. The van der Waals surface area contributed by atoms with E-state index in [1.54, 1.807) is 12.4 Å². The molecule has 0 unspecified atom stereocenters. The Morgan fingerprint density at radius 3 is 2.53 bits per heavy atom. The van der Waals surface area contributed by atoms with Gasteiger partial charge in [-0.2, -0.15) is 10.4 Å². The number of benzene rings is 4. The van der Waals surface area contributed by atoms with Crippen LogP contribution in [-0.2, 0) is 11.3 Å². The lowest BCUT2D eigenvalue weighted by Gasteiger charge is -2.22. The minimum absolute atomic E-state index is 0.0285. The fraction of sp³-hybridized carbons (Fsp3) is 0.0645. The lowest BCUT2D eigenvalue weighted by Crippen LogP contribution is -2.26. The fourth-order valence-corrected chi connectivity index (χ4v) is 5.06. The number of carbonyl (C=O) groups excluding carboxylic acids is 1. The molecular weight excluding hydrogens is 444 g/mol. The summed E-state index contributed by atoms with van der Waals surface area (Å²) in [4.78, 5) is 15.8. The number of H-pyrrole nitrogens is 1. The number of hydrogen-bond donors (Lipinski definition) is 1. The average Bonchev–Trinajstić information content (AvgIpc) is 3.52. The van der Waals surface area contributed by atoms with Crippen LogP contribution in [0, 0.1) is 18.3 Å². The summed E-state index contributed by atoms with van der Waals surface area (Å²) >= 11 is 0. The first kappa shape index (κ1) is 21.6. The summed E-state index contributed by atoms with van der Waals surface area (Å²) in [5.74, 6) is -0.0285. The van der Waals surface area contributed by atoms with Crippen LogP contribution in [-0.4, -0.2) is 16.1 Å². The first-order chi connectivity index (χ1) is 17.6. The topological polar surface area (TPSA) is 72.8 Å². The van der Waals surface area contributed by atoms with Gasteiger partial charge in [-0.15, -0.1) is 0 Å². The number of hydrogen-bond acceptors (Lipinski definition) is 3. The van der Waals surface area contributed by atoms with E-state index in [0.717, 1.165) is 49.8 Å². The largest absolute Gasteiger partial charge is 0.303 e. The molecule has 6 rings (SSSR count). The summed E-state index contributed by atoms with van der Waals surface area (Å²) in [6.07, 6.45) is 5.39. The van der Waals surface area contributed by atoms with Gasteiger partial charge in [-0.05, 0) is 58.2 Å². The first-order valence-electron chi connectivity index (χ1n) is 11.8. The van der Waals surface area contributed by atoms with Crippen LogP contribution in [0.5, 0.6) is 0 Å². The Hall–Kier alpha value is -4.95. The maximum atomic E-state index is 13.9. The standard InChI is InChI=1S/C31H22N4O/c1-20-26(24-11-9-21(16-32)10-12-24)13-14-28-29(15-22-17-33-34-18-22)31(36)35(30(20)28)19-25-7-4-6-23-5-2-3-8-27(23)25/h2-15,17-18H,19H2,1H3,(H,33,34)/b29-15-. The van der Waals surface area contributed by atoms with Crippen molar-refractivity contribution < 1.29 is 4.79 Å². The predicted molar refractivity (Wildman–Crippen MR) is 143 cm³/mol. The summed E-state index contributed by atoms with van der Waals surface area (Å²) in [5.41, 5.74) is 8.14. The maximum absolute atomic E-state index is 13.9.